The lowest BCUT2D eigenvalue weighted by Gasteiger charge is -2.29. The van der Waals surface area contributed by atoms with Gasteiger partial charge in [0.15, 0.2) is 5.16 Å². The van der Waals surface area contributed by atoms with Crippen molar-refractivity contribution in [3.05, 3.63) is 34.6 Å². The smallest absolute Gasteiger partial charge is 0.262 e. The largest absolute Gasteiger partial charge is 0.383 e. The molecule has 1 amide bonds. The van der Waals surface area contributed by atoms with Crippen molar-refractivity contribution in [2.24, 2.45) is 5.92 Å². The van der Waals surface area contributed by atoms with E-state index in [1.807, 2.05) is 25.1 Å². The van der Waals surface area contributed by atoms with Crippen molar-refractivity contribution >= 4 is 28.6 Å². The molecule has 1 aromatic heterocycles. The molecular weight excluding hydrogens is 374 g/mol. The molecule has 1 aromatic carbocycles. The first-order valence-corrected chi connectivity index (χ1v) is 10.9. The number of rotatable bonds is 7. The molecule has 1 N–H and O–H groups in total. The highest BCUT2D eigenvalue weighted by atomic mass is 32.2. The van der Waals surface area contributed by atoms with Crippen molar-refractivity contribution in [1.82, 2.24) is 14.9 Å². The van der Waals surface area contributed by atoms with Crippen LogP contribution < -0.4 is 10.9 Å². The van der Waals surface area contributed by atoms with Gasteiger partial charge in [-0.1, -0.05) is 43.7 Å². The minimum Gasteiger partial charge on any atom is -0.383 e. The highest BCUT2D eigenvalue weighted by Gasteiger charge is 2.23. The Morgan fingerprint density at radius 1 is 1.36 bits per heavy atom. The average molecular weight is 404 g/mol. The molecule has 3 atom stereocenters. The molecule has 1 heterocycles. The lowest BCUT2D eigenvalue weighted by atomic mass is 9.86. The van der Waals surface area contributed by atoms with Crippen LogP contribution >= 0.6 is 11.8 Å². The van der Waals surface area contributed by atoms with Gasteiger partial charge in [-0.2, -0.15) is 0 Å². The standard InChI is InChI=1S/C21H29N3O3S/c1-14-8-4-6-10-17(14)22-19(25)13-28-21-23-18-11-7-5-9-16(18)20(26)24(21)15(2)12-27-3/h5,7,9,11,14-15,17H,4,6,8,10,12-13H2,1-3H3,(H,22,25)/t14-,15-,17-/m0/s1. The van der Waals surface area contributed by atoms with Gasteiger partial charge in [-0.3, -0.25) is 14.2 Å². The van der Waals surface area contributed by atoms with Gasteiger partial charge in [0, 0.05) is 13.2 Å². The van der Waals surface area contributed by atoms with Crippen LogP contribution in [0.25, 0.3) is 10.9 Å². The van der Waals surface area contributed by atoms with Crippen LogP contribution in [0.3, 0.4) is 0 Å². The molecule has 3 rings (SSSR count). The Morgan fingerprint density at radius 3 is 2.86 bits per heavy atom. The summed E-state index contributed by atoms with van der Waals surface area (Å²) in [7, 11) is 1.61. The molecule has 152 valence electrons. The van der Waals surface area contributed by atoms with E-state index in [1.165, 1.54) is 31.0 Å². The quantitative estimate of drug-likeness (QED) is 0.567. The van der Waals surface area contributed by atoms with E-state index >= 15 is 0 Å². The van der Waals surface area contributed by atoms with Gasteiger partial charge >= 0.3 is 0 Å². The monoisotopic (exact) mass is 403 g/mol. The lowest BCUT2D eigenvalue weighted by molar-refractivity contribution is -0.119. The van der Waals surface area contributed by atoms with Crippen LogP contribution in [0, 0.1) is 5.92 Å². The van der Waals surface area contributed by atoms with Crippen LogP contribution in [0.4, 0.5) is 0 Å². The molecule has 1 saturated carbocycles. The van der Waals surface area contributed by atoms with E-state index in [0.29, 0.717) is 28.6 Å². The Morgan fingerprint density at radius 2 is 2.11 bits per heavy atom. The highest BCUT2D eigenvalue weighted by molar-refractivity contribution is 7.99. The number of amides is 1. The molecule has 7 heteroatoms. The fourth-order valence-corrected chi connectivity index (χ4v) is 4.75. The first-order chi connectivity index (χ1) is 13.5. The van der Waals surface area contributed by atoms with Crippen LogP contribution in [0.1, 0.15) is 45.6 Å². The number of nitrogens with zero attached hydrogens (tertiary/aromatic N) is 2. The second-order valence-electron chi connectivity index (χ2n) is 7.62. The number of ether oxygens (including phenoxy) is 1. The molecule has 6 nitrogen and oxygen atoms in total. The minimum atomic E-state index is -0.168. The SMILES string of the molecule is COC[C@H](C)n1c(SCC(=O)N[C@H]2CCCC[C@@H]2C)nc2ccccc2c1=O. The molecule has 0 aliphatic heterocycles. The number of carbonyl (C=O) groups excluding carboxylic acids is 1. The maximum Gasteiger partial charge on any atom is 0.262 e. The molecule has 1 aliphatic rings. The van der Waals surface area contributed by atoms with Gasteiger partial charge in [-0.15, -0.1) is 0 Å². The van der Waals surface area contributed by atoms with Crippen molar-refractivity contribution in [3.63, 3.8) is 0 Å². The summed E-state index contributed by atoms with van der Waals surface area (Å²) in [4.78, 5) is 30.2. The van der Waals surface area contributed by atoms with E-state index in [0.717, 1.165) is 6.42 Å². The number of carbonyl (C=O) groups is 1. The number of para-hydroxylation sites is 1. The summed E-state index contributed by atoms with van der Waals surface area (Å²) in [6, 6.07) is 7.40. The van der Waals surface area contributed by atoms with E-state index in [-0.39, 0.29) is 29.3 Å². The van der Waals surface area contributed by atoms with E-state index < -0.39 is 0 Å². The van der Waals surface area contributed by atoms with Crippen LogP contribution in [0.5, 0.6) is 0 Å². The van der Waals surface area contributed by atoms with Gasteiger partial charge in [-0.05, 0) is 37.8 Å². The molecule has 28 heavy (non-hydrogen) atoms. The van der Waals surface area contributed by atoms with Gasteiger partial charge in [0.2, 0.25) is 5.91 Å². The van der Waals surface area contributed by atoms with Crippen LogP contribution in [-0.2, 0) is 9.53 Å². The summed E-state index contributed by atoms with van der Waals surface area (Å²) in [6.07, 6.45) is 4.62. The fourth-order valence-electron chi connectivity index (χ4n) is 3.84. The zero-order chi connectivity index (χ0) is 20.1. The first-order valence-electron chi connectivity index (χ1n) is 9.93. The second kappa shape index (κ2) is 9.56. The van der Waals surface area contributed by atoms with E-state index in [2.05, 4.69) is 17.2 Å². The molecule has 0 bridgehead atoms. The third kappa shape index (κ3) is 4.75. The summed E-state index contributed by atoms with van der Waals surface area (Å²) < 4.78 is 6.89. The summed E-state index contributed by atoms with van der Waals surface area (Å²) in [5.74, 6) is 0.756. The van der Waals surface area contributed by atoms with Crippen molar-refractivity contribution in [3.8, 4) is 0 Å². The number of hydrogen-bond donors (Lipinski definition) is 1. The summed E-state index contributed by atoms with van der Waals surface area (Å²) in [5.41, 5.74) is 0.552. The molecule has 2 aromatic rings. The third-order valence-corrected chi connectivity index (χ3v) is 6.37. The number of hydrogen-bond acceptors (Lipinski definition) is 5. The van der Waals surface area contributed by atoms with Crippen molar-refractivity contribution in [2.45, 2.75) is 56.8 Å². The summed E-state index contributed by atoms with van der Waals surface area (Å²) in [6.45, 7) is 4.53. The van der Waals surface area contributed by atoms with Crippen molar-refractivity contribution in [2.75, 3.05) is 19.5 Å². The average Bonchev–Trinajstić information content (AvgIpc) is 2.68. The third-order valence-electron chi connectivity index (χ3n) is 5.41. The zero-order valence-electron chi connectivity index (χ0n) is 16.8. The van der Waals surface area contributed by atoms with E-state index in [1.54, 1.807) is 17.7 Å². The highest BCUT2D eigenvalue weighted by Crippen LogP contribution is 2.25. The molecular formula is C21H29N3O3S. The number of aromatic nitrogens is 2. The molecule has 0 radical (unpaired) electrons. The van der Waals surface area contributed by atoms with Gasteiger partial charge in [0.25, 0.3) is 5.56 Å². The normalized spacial score (nSPS) is 20.8. The number of benzene rings is 1. The molecule has 1 fully saturated rings. The lowest BCUT2D eigenvalue weighted by Crippen LogP contribution is -2.42. The van der Waals surface area contributed by atoms with Crippen molar-refractivity contribution < 1.29 is 9.53 Å². The van der Waals surface area contributed by atoms with Crippen LogP contribution in [-0.4, -0.2) is 41.0 Å². The molecule has 0 unspecified atom stereocenters. The van der Waals surface area contributed by atoms with Crippen LogP contribution in [0.15, 0.2) is 34.2 Å². The second-order valence-corrected chi connectivity index (χ2v) is 8.56. The van der Waals surface area contributed by atoms with Gasteiger partial charge < -0.3 is 10.1 Å². The van der Waals surface area contributed by atoms with Gasteiger partial charge in [0.05, 0.1) is 29.3 Å². The number of fused-ring (bicyclic) bond motifs is 1. The maximum atomic E-state index is 13.0. The Labute approximate surface area is 170 Å². The Kier molecular flexibility index (Phi) is 7.13. The Hall–Kier alpha value is -1.86. The number of methoxy groups -OCH3 is 1. The fraction of sp³-hybridized carbons (Fsp3) is 0.571. The first kappa shape index (κ1) is 20.9. The number of thioether (sulfide) groups is 1. The van der Waals surface area contributed by atoms with Gasteiger partial charge in [-0.25, -0.2) is 4.98 Å². The van der Waals surface area contributed by atoms with Crippen LogP contribution in [0.2, 0.25) is 0 Å². The number of nitrogens with one attached hydrogen (secondary N) is 1. The zero-order valence-corrected chi connectivity index (χ0v) is 17.6. The Bertz CT molecular complexity index is 883. The summed E-state index contributed by atoms with van der Waals surface area (Å²) in [5, 5.41) is 4.30. The predicted octanol–water partition coefficient (Wildman–Crippen LogP) is 3.39. The topological polar surface area (TPSA) is 73.2 Å². The van der Waals surface area contributed by atoms with E-state index in [9.17, 15) is 9.59 Å². The Balaban J connectivity index is 1.80. The minimum absolute atomic E-state index is 0.00268. The summed E-state index contributed by atoms with van der Waals surface area (Å²) >= 11 is 1.31. The molecule has 0 saturated heterocycles. The molecule has 1 aliphatic carbocycles. The predicted molar refractivity (Wildman–Crippen MR) is 113 cm³/mol. The molecule has 0 spiro atoms. The van der Waals surface area contributed by atoms with Crippen molar-refractivity contribution in [1.29, 1.82) is 0 Å². The van der Waals surface area contributed by atoms with Gasteiger partial charge in [0.1, 0.15) is 0 Å². The van der Waals surface area contributed by atoms with E-state index in [4.69, 9.17) is 4.74 Å². The maximum absolute atomic E-state index is 13.0.